The Kier molecular flexibility index (Phi) is 5.30. The Balaban J connectivity index is 1.89. The number of nitrogens with two attached hydrogens (primary N) is 1. The Hall–Kier alpha value is -1.74. The van der Waals surface area contributed by atoms with E-state index in [4.69, 9.17) is 28.9 Å². The molecule has 2 nitrogen and oxygen atoms in total. The second-order valence-corrected chi connectivity index (χ2v) is 7.21. The molecule has 1 aliphatic carbocycles. The number of benzene rings is 2. The predicted octanol–water partition coefficient (Wildman–Crippen LogP) is 4.99. The highest BCUT2D eigenvalue weighted by Gasteiger charge is 2.26. The van der Waals surface area contributed by atoms with Crippen molar-refractivity contribution >= 4 is 23.2 Å². The quantitative estimate of drug-likeness (QED) is 0.602. The zero-order valence-corrected chi connectivity index (χ0v) is 14.8. The zero-order valence-electron chi connectivity index (χ0n) is 13.3. The molecule has 4 heteroatoms. The van der Waals surface area contributed by atoms with Crippen LogP contribution in [0.5, 0.6) is 0 Å². The number of hydrogen-bond acceptors (Lipinski definition) is 2. The molecule has 1 unspecified atom stereocenters. The van der Waals surface area contributed by atoms with Gasteiger partial charge in [-0.15, -0.1) is 0 Å². The Bertz CT molecular complexity index is 695. The van der Waals surface area contributed by atoms with E-state index >= 15 is 0 Å². The summed E-state index contributed by atoms with van der Waals surface area (Å²) in [5, 5.41) is 0.696. The van der Waals surface area contributed by atoms with Crippen LogP contribution < -0.4 is 5.73 Å². The van der Waals surface area contributed by atoms with Crippen LogP contribution in [0.3, 0.4) is 0 Å². The minimum Gasteiger partial charge on any atom is -0.362 e. The molecule has 2 aromatic rings. The monoisotopic (exact) mass is 358 g/mol. The highest BCUT2D eigenvalue weighted by atomic mass is 35.5. The van der Waals surface area contributed by atoms with Gasteiger partial charge in [0.2, 0.25) is 0 Å². The third kappa shape index (κ3) is 4.41. The van der Waals surface area contributed by atoms with E-state index in [1.807, 2.05) is 48.6 Å². The molecule has 0 bridgehead atoms. The van der Waals surface area contributed by atoms with Crippen LogP contribution in [0.25, 0.3) is 0 Å². The standard InChI is InChI=1S/C20H20Cl2N2/c21-18-13-20(22,23)12-11-19(18)24(14-16-7-3-1-4-8-16)15-17-9-5-2-6-10-17/h1-12H,13-15,23H2. The van der Waals surface area contributed by atoms with Crippen molar-refractivity contribution in [1.82, 2.24) is 4.90 Å². The summed E-state index contributed by atoms with van der Waals surface area (Å²) in [5.74, 6) is 0. The van der Waals surface area contributed by atoms with Crippen LogP contribution >= 0.6 is 23.2 Å². The van der Waals surface area contributed by atoms with Crippen LogP contribution in [0.15, 0.2) is 83.5 Å². The summed E-state index contributed by atoms with van der Waals surface area (Å²) in [6, 6.07) is 20.7. The summed E-state index contributed by atoms with van der Waals surface area (Å²) in [5.41, 5.74) is 9.42. The maximum absolute atomic E-state index is 6.52. The number of allylic oxidation sites excluding steroid dienone is 1. The lowest BCUT2D eigenvalue weighted by molar-refractivity contribution is 0.334. The number of alkyl halides is 1. The van der Waals surface area contributed by atoms with Crippen LogP contribution in [-0.4, -0.2) is 9.90 Å². The van der Waals surface area contributed by atoms with Gasteiger partial charge in [-0.2, -0.15) is 0 Å². The first-order valence-corrected chi connectivity index (χ1v) is 8.67. The maximum Gasteiger partial charge on any atom is 0.115 e. The second-order valence-electron chi connectivity index (χ2n) is 6.05. The molecule has 0 saturated heterocycles. The van der Waals surface area contributed by atoms with Crippen LogP contribution in [-0.2, 0) is 13.1 Å². The summed E-state index contributed by atoms with van der Waals surface area (Å²) < 4.78 is 0. The number of rotatable bonds is 5. The Labute approximate surface area is 153 Å². The molecular weight excluding hydrogens is 339 g/mol. The van der Waals surface area contributed by atoms with E-state index in [1.54, 1.807) is 0 Å². The summed E-state index contributed by atoms with van der Waals surface area (Å²) in [4.78, 5) is 1.36. The molecule has 0 heterocycles. The minimum atomic E-state index is -0.897. The first kappa shape index (κ1) is 17.1. The second kappa shape index (κ2) is 7.43. The molecule has 0 radical (unpaired) electrons. The van der Waals surface area contributed by atoms with E-state index < -0.39 is 5.00 Å². The summed E-state index contributed by atoms with van der Waals surface area (Å²) in [6.45, 7) is 1.54. The zero-order chi connectivity index (χ0) is 17.0. The maximum atomic E-state index is 6.52. The van der Waals surface area contributed by atoms with E-state index in [9.17, 15) is 0 Å². The van der Waals surface area contributed by atoms with Gasteiger partial charge in [0.15, 0.2) is 0 Å². The molecule has 0 amide bonds. The van der Waals surface area contributed by atoms with Gasteiger partial charge in [0.25, 0.3) is 0 Å². The molecule has 0 aromatic heterocycles. The van der Waals surface area contributed by atoms with Crippen molar-refractivity contribution in [3.63, 3.8) is 0 Å². The average Bonchev–Trinajstić information content (AvgIpc) is 2.55. The lowest BCUT2D eigenvalue weighted by Crippen LogP contribution is -2.34. The Morgan fingerprint density at radius 2 is 1.42 bits per heavy atom. The van der Waals surface area contributed by atoms with E-state index in [-0.39, 0.29) is 0 Å². The molecule has 2 N–H and O–H groups in total. The van der Waals surface area contributed by atoms with Crippen molar-refractivity contribution in [3.8, 4) is 0 Å². The lowest BCUT2D eigenvalue weighted by Gasteiger charge is -2.31. The van der Waals surface area contributed by atoms with Crippen molar-refractivity contribution in [2.45, 2.75) is 24.5 Å². The third-order valence-corrected chi connectivity index (χ3v) is 4.58. The van der Waals surface area contributed by atoms with Crippen LogP contribution in [0.1, 0.15) is 17.5 Å². The van der Waals surface area contributed by atoms with Gasteiger partial charge >= 0.3 is 0 Å². The van der Waals surface area contributed by atoms with Crippen LogP contribution in [0, 0.1) is 0 Å². The molecule has 24 heavy (non-hydrogen) atoms. The van der Waals surface area contributed by atoms with Crippen LogP contribution in [0.4, 0.5) is 0 Å². The van der Waals surface area contributed by atoms with E-state index in [1.165, 1.54) is 11.1 Å². The highest BCUT2D eigenvalue weighted by Crippen LogP contribution is 2.33. The SMILES string of the molecule is NC1(Cl)C=CC(N(Cc2ccccc2)Cc2ccccc2)=C(Cl)C1. The molecule has 2 aromatic carbocycles. The third-order valence-electron chi connectivity index (χ3n) is 4.00. The summed E-state index contributed by atoms with van der Waals surface area (Å²) in [7, 11) is 0. The Morgan fingerprint density at radius 1 is 0.917 bits per heavy atom. The van der Waals surface area contributed by atoms with E-state index in [0.29, 0.717) is 11.5 Å². The van der Waals surface area contributed by atoms with Gasteiger partial charge in [-0.25, -0.2) is 0 Å². The molecule has 0 fully saturated rings. The van der Waals surface area contributed by atoms with Gasteiger partial charge in [0.1, 0.15) is 5.00 Å². The van der Waals surface area contributed by atoms with Gasteiger partial charge in [0.05, 0.1) is 5.70 Å². The molecule has 3 rings (SSSR count). The molecule has 1 aliphatic rings. The average molecular weight is 359 g/mol. The molecular formula is C20H20Cl2N2. The minimum absolute atomic E-state index is 0.433. The number of nitrogens with zero attached hydrogens (tertiary/aromatic N) is 1. The van der Waals surface area contributed by atoms with E-state index in [2.05, 4.69) is 29.2 Å². The van der Waals surface area contributed by atoms with Gasteiger partial charge in [0, 0.05) is 24.5 Å². The predicted molar refractivity (Wildman–Crippen MR) is 102 cm³/mol. The van der Waals surface area contributed by atoms with Gasteiger partial charge in [-0.05, 0) is 23.3 Å². The Morgan fingerprint density at radius 3 is 1.88 bits per heavy atom. The molecule has 124 valence electrons. The first-order chi connectivity index (χ1) is 11.5. The molecule has 0 aliphatic heterocycles. The van der Waals surface area contributed by atoms with Crippen molar-refractivity contribution in [1.29, 1.82) is 0 Å². The van der Waals surface area contributed by atoms with Crippen molar-refractivity contribution in [2.75, 3.05) is 0 Å². The normalized spacial score (nSPS) is 20.3. The lowest BCUT2D eigenvalue weighted by atomic mass is 10.0. The fraction of sp³-hybridized carbons (Fsp3) is 0.200. The summed E-state index contributed by atoms with van der Waals surface area (Å²) >= 11 is 12.7. The largest absolute Gasteiger partial charge is 0.362 e. The fourth-order valence-electron chi connectivity index (χ4n) is 2.81. The van der Waals surface area contributed by atoms with Crippen molar-refractivity contribution in [2.24, 2.45) is 5.73 Å². The fourth-order valence-corrected chi connectivity index (χ4v) is 3.47. The van der Waals surface area contributed by atoms with Crippen molar-refractivity contribution < 1.29 is 0 Å². The number of halogens is 2. The molecule has 0 saturated carbocycles. The number of hydrogen-bond donors (Lipinski definition) is 1. The smallest absolute Gasteiger partial charge is 0.115 e. The summed E-state index contributed by atoms with van der Waals surface area (Å²) in [6.07, 6.45) is 4.19. The highest BCUT2D eigenvalue weighted by molar-refractivity contribution is 6.32. The van der Waals surface area contributed by atoms with Gasteiger partial charge in [-0.1, -0.05) is 83.9 Å². The molecule has 1 atom stereocenters. The topological polar surface area (TPSA) is 29.3 Å². The van der Waals surface area contributed by atoms with E-state index in [0.717, 1.165) is 18.8 Å². The first-order valence-electron chi connectivity index (χ1n) is 7.92. The van der Waals surface area contributed by atoms with Crippen LogP contribution in [0.2, 0.25) is 0 Å². The van der Waals surface area contributed by atoms with Gasteiger partial charge < -0.3 is 10.6 Å². The molecule has 0 spiro atoms. The van der Waals surface area contributed by atoms with Gasteiger partial charge in [-0.3, -0.25) is 0 Å². The van der Waals surface area contributed by atoms with Crippen molar-refractivity contribution in [3.05, 3.63) is 94.7 Å².